The van der Waals surface area contributed by atoms with E-state index in [0.29, 0.717) is 23.1 Å². The Labute approximate surface area is 176 Å². The lowest BCUT2D eigenvalue weighted by molar-refractivity contribution is -0.121. The van der Waals surface area contributed by atoms with Crippen LogP contribution in [0.15, 0.2) is 42.6 Å². The Morgan fingerprint density at radius 2 is 1.77 bits per heavy atom. The molecule has 2 amide bonds. The summed E-state index contributed by atoms with van der Waals surface area (Å²) in [5, 5.41) is 12.1. The number of anilines is 1. The quantitative estimate of drug-likeness (QED) is 0.676. The van der Waals surface area contributed by atoms with Gasteiger partial charge in [0, 0.05) is 17.7 Å². The molecule has 30 heavy (non-hydrogen) atoms. The monoisotopic (exact) mass is 415 g/mol. The van der Waals surface area contributed by atoms with Gasteiger partial charge in [-0.2, -0.15) is 0 Å². The molecule has 0 aliphatic rings. The first-order chi connectivity index (χ1) is 14.0. The van der Waals surface area contributed by atoms with Crippen molar-refractivity contribution in [2.24, 2.45) is 0 Å². The fourth-order valence-corrected chi connectivity index (χ4v) is 2.92. The first-order valence-corrected chi connectivity index (χ1v) is 9.71. The van der Waals surface area contributed by atoms with Crippen molar-refractivity contribution in [2.75, 3.05) is 5.32 Å². The second kappa shape index (κ2) is 9.47. The van der Waals surface area contributed by atoms with Crippen molar-refractivity contribution in [1.29, 1.82) is 0 Å². The van der Waals surface area contributed by atoms with Gasteiger partial charge in [-0.3, -0.25) is 9.69 Å². The third kappa shape index (κ3) is 6.37. The first-order valence-electron chi connectivity index (χ1n) is 9.71. The number of ether oxygens (including phenoxy) is 2. The van der Waals surface area contributed by atoms with E-state index in [1.54, 1.807) is 52.0 Å². The summed E-state index contributed by atoms with van der Waals surface area (Å²) in [7, 11) is 0. The van der Waals surface area contributed by atoms with Gasteiger partial charge in [-0.1, -0.05) is 6.07 Å². The fraction of sp³-hybridized carbons (Fsp3) is 0.409. The van der Waals surface area contributed by atoms with Crippen LogP contribution in [0.5, 0.6) is 17.4 Å². The van der Waals surface area contributed by atoms with Gasteiger partial charge in [0.15, 0.2) is 0 Å². The number of benzene rings is 1. The Balaban J connectivity index is 2.04. The van der Waals surface area contributed by atoms with Crippen LogP contribution in [-0.4, -0.2) is 44.7 Å². The summed E-state index contributed by atoms with van der Waals surface area (Å²) < 4.78 is 11.4. The van der Waals surface area contributed by atoms with Gasteiger partial charge < -0.3 is 19.9 Å². The Morgan fingerprint density at radius 1 is 1.10 bits per heavy atom. The summed E-state index contributed by atoms with van der Waals surface area (Å²) in [6.07, 6.45) is 0.353. The number of hydrogen-bond acceptors (Lipinski definition) is 5. The van der Waals surface area contributed by atoms with Crippen LogP contribution in [0.2, 0.25) is 0 Å². The predicted molar refractivity (Wildman–Crippen MR) is 114 cm³/mol. The summed E-state index contributed by atoms with van der Waals surface area (Å²) in [5.74, 6) is 1.18. The lowest BCUT2D eigenvalue weighted by Crippen LogP contribution is -2.54. The number of nitrogens with one attached hydrogen (secondary N) is 1. The average Bonchev–Trinajstić information content (AvgIpc) is 2.61. The van der Waals surface area contributed by atoms with Crippen LogP contribution in [0.4, 0.5) is 10.5 Å². The van der Waals surface area contributed by atoms with Crippen molar-refractivity contribution < 1.29 is 24.2 Å². The van der Waals surface area contributed by atoms with E-state index in [9.17, 15) is 14.7 Å². The van der Waals surface area contributed by atoms with E-state index in [-0.39, 0.29) is 6.10 Å². The third-order valence-corrected chi connectivity index (χ3v) is 4.10. The lowest BCUT2D eigenvalue weighted by atomic mass is 10.0. The maximum absolute atomic E-state index is 12.5. The third-order valence-electron chi connectivity index (χ3n) is 4.10. The van der Waals surface area contributed by atoms with Crippen molar-refractivity contribution in [1.82, 2.24) is 9.88 Å². The summed E-state index contributed by atoms with van der Waals surface area (Å²) in [6.45, 7) is 10.6. The molecule has 8 heteroatoms. The molecule has 0 saturated heterocycles. The Morgan fingerprint density at radius 3 is 2.30 bits per heavy atom. The van der Waals surface area contributed by atoms with E-state index < -0.39 is 23.6 Å². The van der Waals surface area contributed by atoms with Crippen molar-refractivity contribution in [3.8, 4) is 17.4 Å². The molecule has 1 heterocycles. The molecule has 0 radical (unpaired) electrons. The molecule has 0 unspecified atom stereocenters. The lowest BCUT2D eigenvalue weighted by Gasteiger charge is -2.37. The van der Waals surface area contributed by atoms with Crippen LogP contribution >= 0.6 is 0 Å². The van der Waals surface area contributed by atoms with Crippen molar-refractivity contribution >= 4 is 17.7 Å². The summed E-state index contributed by atoms with van der Waals surface area (Å²) in [6, 6.07) is 9.62. The number of carboxylic acid groups (broad SMARTS) is 1. The molecule has 0 aliphatic heterocycles. The van der Waals surface area contributed by atoms with Gasteiger partial charge in [0.2, 0.25) is 11.8 Å². The van der Waals surface area contributed by atoms with Crippen LogP contribution in [0.3, 0.4) is 0 Å². The highest BCUT2D eigenvalue weighted by molar-refractivity contribution is 5.96. The number of hydrogen-bond donors (Lipinski definition) is 2. The Bertz CT molecular complexity index is 875. The summed E-state index contributed by atoms with van der Waals surface area (Å²) >= 11 is 0. The molecule has 162 valence electrons. The van der Waals surface area contributed by atoms with Crippen molar-refractivity contribution in [2.45, 2.75) is 59.2 Å². The molecule has 2 rings (SSSR count). The second-order valence-corrected chi connectivity index (χ2v) is 8.12. The minimum atomic E-state index is -1.16. The zero-order valence-electron chi connectivity index (χ0n) is 18.2. The molecule has 0 fully saturated rings. The number of rotatable bonds is 7. The topological polar surface area (TPSA) is 101 Å². The van der Waals surface area contributed by atoms with E-state index in [2.05, 4.69) is 10.3 Å². The molecular weight excluding hydrogens is 386 g/mol. The smallest absolute Gasteiger partial charge is 0.408 e. The number of pyridine rings is 1. The van der Waals surface area contributed by atoms with E-state index >= 15 is 0 Å². The highest BCUT2D eigenvalue weighted by Crippen LogP contribution is 2.25. The minimum Gasteiger partial charge on any atom is -0.491 e. The van der Waals surface area contributed by atoms with Crippen LogP contribution < -0.4 is 14.8 Å². The number of aromatic nitrogens is 1. The molecule has 0 aliphatic carbocycles. The first kappa shape index (κ1) is 23.0. The largest absolute Gasteiger partial charge is 0.491 e. The van der Waals surface area contributed by atoms with Gasteiger partial charge in [-0.25, -0.2) is 9.78 Å². The number of amides is 2. The fourth-order valence-electron chi connectivity index (χ4n) is 2.92. The van der Waals surface area contributed by atoms with Crippen molar-refractivity contribution in [3.05, 3.63) is 42.6 Å². The number of carbonyl (C=O) groups is 2. The summed E-state index contributed by atoms with van der Waals surface area (Å²) in [4.78, 5) is 29.4. The van der Waals surface area contributed by atoms with Gasteiger partial charge >= 0.3 is 6.09 Å². The van der Waals surface area contributed by atoms with Gasteiger partial charge in [0.1, 0.15) is 17.5 Å². The molecule has 2 N–H and O–H groups in total. The predicted octanol–water partition coefficient (Wildman–Crippen LogP) is 4.77. The van der Waals surface area contributed by atoms with E-state index in [1.807, 2.05) is 26.0 Å². The molecule has 1 aromatic carbocycles. The molecule has 0 bridgehead atoms. The second-order valence-electron chi connectivity index (χ2n) is 8.12. The van der Waals surface area contributed by atoms with Crippen LogP contribution in [0.1, 0.15) is 41.5 Å². The zero-order valence-corrected chi connectivity index (χ0v) is 18.2. The molecule has 2 aromatic rings. The van der Waals surface area contributed by atoms with Gasteiger partial charge in [0.05, 0.1) is 18.0 Å². The zero-order chi connectivity index (χ0) is 22.5. The van der Waals surface area contributed by atoms with Gasteiger partial charge in [0.25, 0.3) is 0 Å². The molecule has 0 saturated carbocycles. The minimum absolute atomic E-state index is 0.0546. The number of nitrogens with zero attached hydrogens (tertiary/aromatic N) is 2. The van der Waals surface area contributed by atoms with E-state index in [4.69, 9.17) is 9.47 Å². The standard InChI is InChI=1S/C22H29N3O5/c1-14(2)29-17-8-7-9-18(12-17)30-19-11-10-16(13-23-19)24-20(26)15(3)25(21(27)28)22(4,5)6/h7-15H,1-6H3,(H,24,26)(H,27,28)/t15-/m1/s1. The highest BCUT2D eigenvalue weighted by Gasteiger charge is 2.34. The van der Waals surface area contributed by atoms with Gasteiger partial charge in [-0.05, 0) is 59.7 Å². The Kier molecular flexibility index (Phi) is 7.26. The van der Waals surface area contributed by atoms with Crippen LogP contribution in [0.25, 0.3) is 0 Å². The van der Waals surface area contributed by atoms with E-state index in [0.717, 1.165) is 4.90 Å². The van der Waals surface area contributed by atoms with E-state index in [1.165, 1.54) is 6.20 Å². The van der Waals surface area contributed by atoms with Crippen LogP contribution in [0, 0.1) is 0 Å². The molecule has 1 atom stereocenters. The molecule has 1 aromatic heterocycles. The molecular formula is C22H29N3O5. The summed E-state index contributed by atoms with van der Waals surface area (Å²) in [5.41, 5.74) is -0.276. The molecule has 0 spiro atoms. The van der Waals surface area contributed by atoms with Crippen LogP contribution in [-0.2, 0) is 4.79 Å². The SMILES string of the molecule is CC(C)Oc1cccc(Oc2ccc(NC(=O)[C@@H](C)N(C(=O)O)C(C)(C)C)cn2)c1. The average molecular weight is 415 g/mol. The Hall–Kier alpha value is -3.29. The molecule has 8 nitrogen and oxygen atoms in total. The normalized spacial score (nSPS) is 12.2. The van der Waals surface area contributed by atoms with Crippen molar-refractivity contribution in [3.63, 3.8) is 0 Å². The maximum atomic E-state index is 12.5. The number of carbonyl (C=O) groups excluding carboxylic acids is 1. The highest BCUT2D eigenvalue weighted by atomic mass is 16.5. The maximum Gasteiger partial charge on any atom is 0.408 e. The van der Waals surface area contributed by atoms with Gasteiger partial charge in [-0.15, -0.1) is 0 Å².